The van der Waals surface area contributed by atoms with Gasteiger partial charge in [-0.25, -0.2) is 4.79 Å². The van der Waals surface area contributed by atoms with E-state index in [9.17, 15) is 9.59 Å². The number of esters is 1. The summed E-state index contributed by atoms with van der Waals surface area (Å²) in [5, 5.41) is 4.17. The van der Waals surface area contributed by atoms with Gasteiger partial charge < -0.3 is 4.74 Å². The van der Waals surface area contributed by atoms with Gasteiger partial charge in [0.2, 0.25) is 0 Å². The smallest absolute Gasteiger partial charge is 0.338 e. The van der Waals surface area contributed by atoms with Crippen molar-refractivity contribution < 1.29 is 14.3 Å². The first-order chi connectivity index (χ1) is 9.55. The van der Waals surface area contributed by atoms with Crippen LogP contribution in [0.1, 0.15) is 37.7 Å². The fourth-order valence-electron chi connectivity index (χ4n) is 2.02. The van der Waals surface area contributed by atoms with Crippen LogP contribution in [0.2, 0.25) is 0 Å². The van der Waals surface area contributed by atoms with Crippen LogP contribution in [0.15, 0.2) is 24.3 Å². The minimum absolute atomic E-state index is 0.352. The number of nitrogens with zero attached hydrogens (tertiary/aromatic N) is 2. The highest BCUT2D eigenvalue weighted by Gasteiger charge is 2.11. The molecule has 2 rings (SSSR count). The maximum atomic E-state index is 11.7. The van der Waals surface area contributed by atoms with Crippen LogP contribution in [0.4, 0.5) is 0 Å². The Morgan fingerprint density at radius 1 is 1.35 bits per heavy atom. The highest BCUT2D eigenvalue weighted by atomic mass is 16.5. The van der Waals surface area contributed by atoms with Crippen molar-refractivity contribution in [1.82, 2.24) is 9.78 Å². The molecular weight excluding hydrogens is 256 g/mol. The molecule has 0 aliphatic carbocycles. The molecule has 5 nitrogen and oxygen atoms in total. The van der Waals surface area contributed by atoms with Gasteiger partial charge in [0.15, 0.2) is 6.29 Å². The molecule has 0 fully saturated rings. The van der Waals surface area contributed by atoms with Gasteiger partial charge in [0, 0.05) is 5.69 Å². The quantitative estimate of drug-likeness (QED) is 0.632. The molecule has 0 saturated heterocycles. The molecule has 0 unspecified atom stereocenters. The topological polar surface area (TPSA) is 61.2 Å². The van der Waals surface area contributed by atoms with E-state index in [-0.39, 0.29) is 5.97 Å². The van der Waals surface area contributed by atoms with E-state index in [1.54, 1.807) is 16.8 Å². The fourth-order valence-corrected chi connectivity index (χ4v) is 2.02. The summed E-state index contributed by atoms with van der Waals surface area (Å²) in [4.78, 5) is 22.4. The van der Waals surface area contributed by atoms with Crippen LogP contribution >= 0.6 is 0 Å². The molecule has 0 aliphatic heterocycles. The predicted octanol–water partition coefficient (Wildman–Crippen LogP) is 2.15. The van der Waals surface area contributed by atoms with E-state index in [1.807, 2.05) is 26.0 Å². The SMILES string of the molecule is COC(=O)c1cc(Cn2nc(C=O)cc2C)ccc1C. The van der Waals surface area contributed by atoms with Crippen LogP contribution in [0, 0.1) is 13.8 Å². The van der Waals surface area contributed by atoms with E-state index in [0.29, 0.717) is 17.8 Å². The second-order valence-corrected chi connectivity index (χ2v) is 4.63. The Morgan fingerprint density at radius 2 is 2.10 bits per heavy atom. The summed E-state index contributed by atoms with van der Waals surface area (Å²) >= 11 is 0. The van der Waals surface area contributed by atoms with Crippen molar-refractivity contribution in [2.45, 2.75) is 20.4 Å². The van der Waals surface area contributed by atoms with Crippen molar-refractivity contribution in [2.75, 3.05) is 7.11 Å². The Kier molecular flexibility index (Phi) is 3.98. The van der Waals surface area contributed by atoms with Gasteiger partial charge in [-0.15, -0.1) is 0 Å². The monoisotopic (exact) mass is 272 g/mol. The minimum Gasteiger partial charge on any atom is -0.465 e. The van der Waals surface area contributed by atoms with Crippen molar-refractivity contribution in [3.05, 3.63) is 52.3 Å². The van der Waals surface area contributed by atoms with Crippen molar-refractivity contribution in [3.63, 3.8) is 0 Å². The lowest BCUT2D eigenvalue weighted by atomic mass is 10.1. The zero-order chi connectivity index (χ0) is 14.7. The van der Waals surface area contributed by atoms with Gasteiger partial charge in [0.05, 0.1) is 19.2 Å². The first-order valence-corrected chi connectivity index (χ1v) is 6.22. The van der Waals surface area contributed by atoms with Crippen LogP contribution in [-0.4, -0.2) is 29.1 Å². The summed E-state index contributed by atoms with van der Waals surface area (Å²) in [5.41, 5.74) is 3.64. The molecule has 0 bridgehead atoms. The number of aromatic nitrogens is 2. The third-order valence-corrected chi connectivity index (χ3v) is 3.16. The molecule has 1 aromatic carbocycles. The number of aldehydes is 1. The lowest BCUT2D eigenvalue weighted by Gasteiger charge is -2.08. The zero-order valence-electron chi connectivity index (χ0n) is 11.7. The van der Waals surface area contributed by atoms with E-state index in [0.717, 1.165) is 23.1 Å². The lowest BCUT2D eigenvalue weighted by Crippen LogP contribution is -2.08. The Morgan fingerprint density at radius 3 is 2.70 bits per heavy atom. The lowest BCUT2D eigenvalue weighted by molar-refractivity contribution is 0.0599. The summed E-state index contributed by atoms with van der Waals surface area (Å²) < 4.78 is 6.49. The van der Waals surface area contributed by atoms with E-state index < -0.39 is 0 Å². The van der Waals surface area contributed by atoms with Gasteiger partial charge >= 0.3 is 5.97 Å². The third kappa shape index (κ3) is 2.77. The molecule has 104 valence electrons. The zero-order valence-corrected chi connectivity index (χ0v) is 11.7. The van der Waals surface area contributed by atoms with E-state index in [4.69, 9.17) is 4.74 Å². The second kappa shape index (κ2) is 5.69. The van der Waals surface area contributed by atoms with E-state index in [1.165, 1.54) is 7.11 Å². The first kappa shape index (κ1) is 14.0. The van der Waals surface area contributed by atoms with Gasteiger partial charge in [0.25, 0.3) is 0 Å². The van der Waals surface area contributed by atoms with E-state index >= 15 is 0 Å². The van der Waals surface area contributed by atoms with Gasteiger partial charge in [-0.1, -0.05) is 12.1 Å². The summed E-state index contributed by atoms with van der Waals surface area (Å²) in [5.74, 6) is -0.352. The summed E-state index contributed by atoms with van der Waals surface area (Å²) in [7, 11) is 1.36. The number of aryl methyl sites for hydroxylation is 2. The summed E-state index contributed by atoms with van der Waals surface area (Å²) in [6.45, 7) is 4.25. The molecule has 5 heteroatoms. The van der Waals surface area contributed by atoms with Crippen molar-refractivity contribution >= 4 is 12.3 Å². The second-order valence-electron chi connectivity index (χ2n) is 4.63. The standard InChI is InChI=1S/C15H16N2O3/c1-10-4-5-12(7-14(10)15(19)20-3)8-17-11(2)6-13(9-18)16-17/h4-7,9H,8H2,1-3H3. The molecule has 20 heavy (non-hydrogen) atoms. The number of carbonyl (C=O) groups is 2. The number of hydrogen-bond donors (Lipinski definition) is 0. The molecule has 2 aromatic rings. The maximum absolute atomic E-state index is 11.7. The average Bonchev–Trinajstić information content (AvgIpc) is 2.80. The molecule has 1 aromatic heterocycles. The normalized spacial score (nSPS) is 10.3. The van der Waals surface area contributed by atoms with Crippen molar-refractivity contribution in [1.29, 1.82) is 0 Å². The third-order valence-electron chi connectivity index (χ3n) is 3.16. The van der Waals surface area contributed by atoms with Crippen molar-refractivity contribution in [2.24, 2.45) is 0 Å². The van der Waals surface area contributed by atoms with Gasteiger partial charge in [-0.2, -0.15) is 5.10 Å². The molecule has 1 heterocycles. The average molecular weight is 272 g/mol. The number of ether oxygens (including phenoxy) is 1. The van der Waals surface area contributed by atoms with Crippen LogP contribution in [0.5, 0.6) is 0 Å². The summed E-state index contributed by atoms with van der Waals surface area (Å²) in [6, 6.07) is 7.33. The first-order valence-electron chi connectivity index (χ1n) is 6.22. The highest BCUT2D eigenvalue weighted by Crippen LogP contribution is 2.14. The molecule has 0 spiro atoms. The Bertz CT molecular complexity index is 659. The molecule has 0 radical (unpaired) electrons. The number of rotatable bonds is 4. The molecule has 0 N–H and O–H groups in total. The Hall–Kier alpha value is -2.43. The largest absolute Gasteiger partial charge is 0.465 e. The Labute approximate surface area is 117 Å². The number of methoxy groups -OCH3 is 1. The summed E-state index contributed by atoms with van der Waals surface area (Å²) in [6.07, 6.45) is 0.721. The molecular formula is C15H16N2O3. The molecule has 0 atom stereocenters. The minimum atomic E-state index is -0.352. The predicted molar refractivity (Wildman–Crippen MR) is 74.0 cm³/mol. The number of carbonyl (C=O) groups excluding carboxylic acids is 2. The highest BCUT2D eigenvalue weighted by molar-refractivity contribution is 5.91. The van der Waals surface area contributed by atoms with Gasteiger partial charge in [-0.05, 0) is 37.1 Å². The van der Waals surface area contributed by atoms with Gasteiger partial charge in [0.1, 0.15) is 5.69 Å². The molecule has 0 amide bonds. The van der Waals surface area contributed by atoms with Crippen LogP contribution in [-0.2, 0) is 11.3 Å². The van der Waals surface area contributed by atoms with Crippen molar-refractivity contribution in [3.8, 4) is 0 Å². The number of hydrogen-bond acceptors (Lipinski definition) is 4. The Balaban J connectivity index is 2.31. The van der Waals surface area contributed by atoms with Crippen LogP contribution in [0.25, 0.3) is 0 Å². The number of benzene rings is 1. The molecule has 0 aliphatic rings. The van der Waals surface area contributed by atoms with Gasteiger partial charge in [-0.3, -0.25) is 9.48 Å². The molecule has 0 saturated carbocycles. The van der Waals surface area contributed by atoms with E-state index in [2.05, 4.69) is 5.10 Å². The fraction of sp³-hybridized carbons (Fsp3) is 0.267. The van der Waals surface area contributed by atoms with Crippen LogP contribution in [0.3, 0.4) is 0 Å². The maximum Gasteiger partial charge on any atom is 0.338 e. The van der Waals surface area contributed by atoms with Crippen LogP contribution < -0.4 is 0 Å².